The largest absolute Gasteiger partial charge is 0.396 e. The van der Waals surface area contributed by atoms with Gasteiger partial charge in [0.15, 0.2) is 0 Å². The Morgan fingerprint density at radius 1 is 1.38 bits per heavy atom. The van der Waals surface area contributed by atoms with Crippen molar-refractivity contribution in [3.05, 3.63) is 28.2 Å². The van der Waals surface area contributed by atoms with Gasteiger partial charge in [0.25, 0.3) is 0 Å². The number of nitrogens with zero attached hydrogens (tertiary/aromatic N) is 1. The van der Waals surface area contributed by atoms with Crippen molar-refractivity contribution in [3.63, 3.8) is 0 Å². The van der Waals surface area contributed by atoms with Gasteiger partial charge in [-0.3, -0.25) is 0 Å². The average Bonchev–Trinajstić information content (AvgIpc) is 2.45. The van der Waals surface area contributed by atoms with Crippen LogP contribution in [-0.4, -0.2) is 44.6 Å². The first-order valence-electron chi connectivity index (χ1n) is 7.45. The molecule has 0 saturated heterocycles. The Morgan fingerprint density at radius 3 is 2.76 bits per heavy atom. The molecule has 2 N–H and O–H groups in total. The van der Waals surface area contributed by atoms with Crippen molar-refractivity contribution in [3.8, 4) is 0 Å². The Kier molecular flexibility index (Phi) is 8.92. The molecule has 1 aromatic rings. The lowest BCUT2D eigenvalue weighted by Crippen LogP contribution is -2.33. The maximum Gasteiger partial charge on any atom is 0.0587 e. The van der Waals surface area contributed by atoms with Crippen LogP contribution in [0.1, 0.15) is 25.8 Å². The van der Waals surface area contributed by atoms with Crippen molar-refractivity contribution in [1.29, 1.82) is 0 Å². The molecule has 0 bridgehead atoms. The molecule has 0 radical (unpaired) electrons. The molecule has 21 heavy (non-hydrogen) atoms. The Morgan fingerprint density at radius 2 is 2.14 bits per heavy atom. The molecule has 0 atom stereocenters. The van der Waals surface area contributed by atoms with Gasteiger partial charge in [-0.2, -0.15) is 0 Å². The highest BCUT2D eigenvalue weighted by atomic mass is 79.9. The van der Waals surface area contributed by atoms with Crippen LogP contribution in [0.2, 0.25) is 0 Å². The number of halogens is 1. The molecule has 1 aromatic carbocycles. The van der Waals surface area contributed by atoms with Gasteiger partial charge in [-0.15, -0.1) is 0 Å². The number of aliphatic hydroxyl groups is 1. The van der Waals surface area contributed by atoms with Crippen LogP contribution in [-0.2, 0) is 11.3 Å². The zero-order chi connectivity index (χ0) is 15.7. The quantitative estimate of drug-likeness (QED) is 0.631. The van der Waals surface area contributed by atoms with E-state index in [0.717, 1.165) is 30.5 Å². The van der Waals surface area contributed by atoms with Crippen LogP contribution in [0.4, 0.5) is 5.69 Å². The van der Waals surface area contributed by atoms with Gasteiger partial charge in [0.1, 0.15) is 0 Å². The van der Waals surface area contributed by atoms with Gasteiger partial charge < -0.3 is 20.1 Å². The topological polar surface area (TPSA) is 44.7 Å². The van der Waals surface area contributed by atoms with E-state index in [9.17, 15) is 0 Å². The number of hydrogen-bond acceptors (Lipinski definition) is 4. The Labute approximate surface area is 136 Å². The van der Waals surface area contributed by atoms with Crippen LogP contribution < -0.4 is 10.2 Å². The Bertz CT molecular complexity index is 413. The SMILES string of the molecule is COCCNCc1cc(Br)ccc1N(CCCO)C(C)C. The standard InChI is InChI=1S/C16H27BrN2O2/c1-13(2)19(8-4-9-20)16-6-5-15(17)11-14(16)12-18-7-10-21-3/h5-6,11,13,18,20H,4,7-10,12H2,1-3H3. The van der Waals surface area contributed by atoms with Gasteiger partial charge in [-0.25, -0.2) is 0 Å². The van der Waals surface area contributed by atoms with Crippen molar-refractivity contribution < 1.29 is 9.84 Å². The fraction of sp³-hybridized carbons (Fsp3) is 0.625. The molecular weight excluding hydrogens is 332 g/mol. The highest BCUT2D eigenvalue weighted by Gasteiger charge is 2.14. The van der Waals surface area contributed by atoms with Crippen molar-refractivity contribution in [2.75, 3.05) is 38.3 Å². The molecule has 0 heterocycles. The minimum absolute atomic E-state index is 0.223. The Hall–Kier alpha value is -0.620. The first kappa shape index (κ1) is 18.4. The molecular formula is C16H27BrN2O2. The van der Waals surface area contributed by atoms with Crippen molar-refractivity contribution in [1.82, 2.24) is 5.32 Å². The van der Waals surface area contributed by atoms with Gasteiger partial charge >= 0.3 is 0 Å². The zero-order valence-electron chi connectivity index (χ0n) is 13.2. The van der Waals surface area contributed by atoms with Gasteiger partial charge in [0.05, 0.1) is 6.61 Å². The summed E-state index contributed by atoms with van der Waals surface area (Å²) in [5.41, 5.74) is 2.48. The molecule has 0 aliphatic rings. The van der Waals surface area contributed by atoms with E-state index in [4.69, 9.17) is 9.84 Å². The number of ether oxygens (including phenoxy) is 1. The minimum atomic E-state index is 0.223. The van der Waals surface area contributed by atoms with E-state index in [1.165, 1.54) is 11.3 Å². The highest BCUT2D eigenvalue weighted by Crippen LogP contribution is 2.26. The lowest BCUT2D eigenvalue weighted by atomic mass is 10.1. The van der Waals surface area contributed by atoms with E-state index >= 15 is 0 Å². The van der Waals surface area contributed by atoms with Crippen LogP contribution in [0, 0.1) is 0 Å². The van der Waals surface area contributed by atoms with Crippen LogP contribution >= 0.6 is 15.9 Å². The Balaban J connectivity index is 2.86. The normalized spacial score (nSPS) is 11.1. The smallest absolute Gasteiger partial charge is 0.0587 e. The molecule has 5 heteroatoms. The summed E-state index contributed by atoms with van der Waals surface area (Å²) in [6, 6.07) is 6.77. The first-order valence-corrected chi connectivity index (χ1v) is 8.25. The molecule has 120 valence electrons. The number of methoxy groups -OCH3 is 1. The van der Waals surface area contributed by atoms with E-state index in [-0.39, 0.29) is 6.61 Å². The summed E-state index contributed by atoms with van der Waals surface area (Å²) < 4.78 is 6.15. The molecule has 0 amide bonds. The van der Waals surface area contributed by atoms with E-state index < -0.39 is 0 Å². The number of rotatable bonds is 10. The maximum atomic E-state index is 9.10. The molecule has 0 aromatic heterocycles. The molecule has 0 saturated carbocycles. The van der Waals surface area contributed by atoms with E-state index in [1.807, 2.05) is 0 Å². The van der Waals surface area contributed by atoms with Crippen molar-refractivity contribution >= 4 is 21.6 Å². The second kappa shape index (κ2) is 10.2. The third-order valence-electron chi connectivity index (χ3n) is 3.33. The summed E-state index contributed by atoms with van der Waals surface area (Å²) >= 11 is 3.55. The molecule has 4 nitrogen and oxygen atoms in total. The van der Waals surface area contributed by atoms with Crippen LogP contribution in [0.3, 0.4) is 0 Å². The second-order valence-electron chi connectivity index (χ2n) is 5.31. The summed E-state index contributed by atoms with van der Waals surface area (Å²) in [5, 5.41) is 12.5. The molecule has 0 spiro atoms. The molecule has 0 fully saturated rings. The van der Waals surface area contributed by atoms with Crippen LogP contribution in [0.5, 0.6) is 0 Å². The van der Waals surface area contributed by atoms with E-state index in [2.05, 4.69) is 58.2 Å². The number of hydrogen-bond donors (Lipinski definition) is 2. The molecule has 0 aliphatic heterocycles. The number of anilines is 1. The highest BCUT2D eigenvalue weighted by molar-refractivity contribution is 9.10. The molecule has 0 unspecified atom stereocenters. The van der Waals surface area contributed by atoms with Crippen molar-refractivity contribution in [2.24, 2.45) is 0 Å². The zero-order valence-corrected chi connectivity index (χ0v) is 14.8. The predicted molar refractivity (Wildman–Crippen MR) is 91.9 cm³/mol. The van der Waals surface area contributed by atoms with E-state index in [1.54, 1.807) is 7.11 Å². The monoisotopic (exact) mass is 358 g/mol. The molecule has 1 rings (SSSR count). The number of benzene rings is 1. The summed E-state index contributed by atoms with van der Waals surface area (Å²) in [4.78, 5) is 2.34. The summed E-state index contributed by atoms with van der Waals surface area (Å²) in [6.07, 6.45) is 0.783. The maximum absolute atomic E-state index is 9.10. The lowest BCUT2D eigenvalue weighted by molar-refractivity contribution is 0.199. The number of nitrogens with one attached hydrogen (secondary N) is 1. The van der Waals surface area contributed by atoms with Crippen LogP contribution in [0.25, 0.3) is 0 Å². The average molecular weight is 359 g/mol. The second-order valence-corrected chi connectivity index (χ2v) is 6.22. The lowest BCUT2D eigenvalue weighted by Gasteiger charge is -2.31. The predicted octanol–water partition coefficient (Wildman–Crippen LogP) is 2.78. The summed E-state index contributed by atoms with van der Waals surface area (Å²) in [6.45, 7) is 7.80. The first-order chi connectivity index (χ1) is 10.1. The summed E-state index contributed by atoms with van der Waals surface area (Å²) in [5.74, 6) is 0. The van der Waals surface area contributed by atoms with Gasteiger partial charge in [0, 0.05) is 49.6 Å². The number of aliphatic hydroxyl groups excluding tert-OH is 1. The fourth-order valence-electron chi connectivity index (χ4n) is 2.27. The minimum Gasteiger partial charge on any atom is -0.396 e. The van der Waals surface area contributed by atoms with Gasteiger partial charge in [-0.1, -0.05) is 15.9 Å². The summed E-state index contributed by atoms with van der Waals surface area (Å²) in [7, 11) is 1.71. The van der Waals surface area contributed by atoms with Gasteiger partial charge in [0.2, 0.25) is 0 Å². The van der Waals surface area contributed by atoms with Crippen LogP contribution in [0.15, 0.2) is 22.7 Å². The van der Waals surface area contributed by atoms with E-state index in [0.29, 0.717) is 12.6 Å². The van der Waals surface area contributed by atoms with Gasteiger partial charge in [-0.05, 0) is 44.0 Å². The molecule has 0 aliphatic carbocycles. The van der Waals surface area contributed by atoms with Crippen molar-refractivity contribution in [2.45, 2.75) is 32.9 Å². The fourth-order valence-corrected chi connectivity index (χ4v) is 2.68. The third kappa shape index (κ3) is 6.34. The third-order valence-corrected chi connectivity index (χ3v) is 3.82.